The summed E-state index contributed by atoms with van der Waals surface area (Å²) < 4.78 is 5.40. The molecule has 1 aromatic carbocycles. The summed E-state index contributed by atoms with van der Waals surface area (Å²) in [6.45, 7) is 1.90. The molecule has 0 aliphatic rings. The van der Waals surface area contributed by atoms with Crippen LogP contribution >= 0.6 is 27.5 Å². The fraction of sp³-hybridized carbons (Fsp3) is 0.100. The minimum atomic E-state index is 0.500. The van der Waals surface area contributed by atoms with Gasteiger partial charge in [-0.2, -0.15) is 0 Å². The van der Waals surface area contributed by atoms with Gasteiger partial charge in [-0.1, -0.05) is 11.6 Å². The van der Waals surface area contributed by atoms with Crippen molar-refractivity contribution in [3.8, 4) is 11.3 Å². The summed E-state index contributed by atoms with van der Waals surface area (Å²) in [4.78, 5) is 4.63. The number of aryl methyl sites for hydroxylation is 1. The van der Waals surface area contributed by atoms with E-state index in [1.165, 1.54) is 0 Å². The molecular formula is C10H7BrClNO. The van der Waals surface area contributed by atoms with Gasteiger partial charge in [-0.05, 0) is 31.2 Å². The maximum atomic E-state index is 5.79. The third-order valence-electron chi connectivity index (χ3n) is 1.88. The third kappa shape index (κ3) is 1.83. The number of aromatic nitrogens is 1. The van der Waals surface area contributed by atoms with Crippen molar-refractivity contribution in [2.24, 2.45) is 0 Å². The van der Waals surface area contributed by atoms with E-state index >= 15 is 0 Å². The van der Waals surface area contributed by atoms with Crippen LogP contribution < -0.4 is 0 Å². The van der Waals surface area contributed by atoms with E-state index in [0.29, 0.717) is 9.82 Å². The van der Waals surface area contributed by atoms with Crippen LogP contribution in [0.25, 0.3) is 11.3 Å². The zero-order valence-corrected chi connectivity index (χ0v) is 9.76. The van der Waals surface area contributed by atoms with E-state index in [1.807, 2.05) is 31.2 Å². The Morgan fingerprint density at radius 3 is 2.43 bits per heavy atom. The molecular weight excluding hydrogens is 265 g/mol. The molecule has 0 aliphatic carbocycles. The molecule has 2 aromatic rings. The third-order valence-corrected chi connectivity index (χ3v) is 2.47. The summed E-state index contributed by atoms with van der Waals surface area (Å²) in [5.41, 5.74) is 1.84. The Hall–Kier alpha value is -0.800. The molecule has 0 saturated heterocycles. The molecule has 1 aromatic heterocycles. The van der Waals surface area contributed by atoms with Gasteiger partial charge in [0.25, 0.3) is 4.80 Å². The van der Waals surface area contributed by atoms with E-state index in [0.717, 1.165) is 17.0 Å². The van der Waals surface area contributed by atoms with Crippen LogP contribution in [0.4, 0.5) is 0 Å². The van der Waals surface area contributed by atoms with Crippen LogP contribution in [0.5, 0.6) is 0 Å². The Morgan fingerprint density at radius 2 is 1.93 bits per heavy atom. The molecule has 72 valence electrons. The van der Waals surface area contributed by atoms with E-state index in [1.54, 1.807) is 0 Å². The Morgan fingerprint density at radius 1 is 1.29 bits per heavy atom. The number of nitrogens with zero attached hydrogens (tertiary/aromatic N) is 1. The van der Waals surface area contributed by atoms with Crippen molar-refractivity contribution in [1.29, 1.82) is 0 Å². The number of hydrogen-bond donors (Lipinski definition) is 0. The van der Waals surface area contributed by atoms with E-state index in [9.17, 15) is 0 Å². The van der Waals surface area contributed by atoms with Crippen LogP contribution in [-0.2, 0) is 0 Å². The van der Waals surface area contributed by atoms with Crippen LogP contribution in [0.15, 0.2) is 33.5 Å². The predicted octanol–water partition coefficient (Wildman–Crippen LogP) is 4.07. The first-order valence-electron chi connectivity index (χ1n) is 4.05. The molecule has 0 N–H and O–H groups in total. The summed E-state index contributed by atoms with van der Waals surface area (Å²) >= 11 is 8.98. The SMILES string of the molecule is Cc1nc(Br)oc1-c1ccc(Cl)cc1. The quantitative estimate of drug-likeness (QED) is 0.782. The topological polar surface area (TPSA) is 26.0 Å². The highest BCUT2D eigenvalue weighted by molar-refractivity contribution is 9.10. The normalized spacial score (nSPS) is 10.5. The van der Waals surface area contributed by atoms with Crippen LogP contribution in [-0.4, -0.2) is 4.98 Å². The fourth-order valence-corrected chi connectivity index (χ4v) is 1.79. The van der Waals surface area contributed by atoms with Crippen molar-refractivity contribution in [2.45, 2.75) is 6.92 Å². The molecule has 0 bridgehead atoms. The van der Waals surface area contributed by atoms with Crippen LogP contribution in [0, 0.1) is 6.92 Å². The summed E-state index contributed by atoms with van der Waals surface area (Å²) in [5.74, 6) is 0.772. The molecule has 2 rings (SSSR count). The Kier molecular flexibility index (Phi) is 2.61. The van der Waals surface area contributed by atoms with E-state index < -0.39 is 0 Å². The second-order valence-corrected chi connectivity index (χ2v) is 4.00. The molecule has 0 fully saturated rings. The van der Waals surface area contributed by atoms with Gasteiger partial charge in [-0.3, -0.25) is 0 Å². The molecule has 0 saturated carbocycles. The Bertz CT molecular complexity index is 450. The first-order valence-corrected chi connectivity index (χ1v) is 5.23. The van der Waals surface area contributed by atoms with Crippen LogP contribution in [0.2, 0.25) is 5.02 Å². The Labute approximate surface area is 95.0 Å². The molecule has 0 aliphatic heterocycles. The standard InChI is InChI=1S/C10H7BrClNO/c1-6-9(14-10(11)13-6)7-2-4-8(12)5-3-7/h2-5H,1H3. The average molecular weight is 273 g/mol. The minimum absolute atomic E-state index is 0.500. The van der Waals surface area contributed by atoms with Crippen molar-refractivity contribution in [3.05, 3.63) is 39.8 Å². The van der Waals surface area contributed by atoms with Crippen molar-refractivity contribution in [1.82, 2.24) is 4.98 Å². The predicted molar refractivity (Wildman–Crippen MR) is 59.4 cm³/mol. The van der Waals surface area contributed by atoms with Gasteiger partial charge in [0, 0.05) is 26.5 Å². The molecule has 0 atom stereocenters. The molecule has 2 nitrogen and oxygen atoms in total. The van der Waals surface area contributed by atoms with Gasteiger partial charge >= 0.3 is 0 Å². The number of hydrogen-bond acceptors (Lipinski definition) is 2. The zero-order valence-electron chi connectivity index (χ0n) is 7.42. The zero-order chi connectivity index (χ0) is 10.1. The van der Waals surface area contributed by atoms with Crippen molar-refractivity contribution in [2.75, 3.05) is 0 Å². The lowest BCUT2D eigenvalue weighted by Gasteiger charge is -1.96. The second-order valence-electron chi connectivity index (χ2n) is 2.89. The summed E-state index contributed by atoms with van der Waals surface area (Å²) in [6.07, 6.45) is 0. The number of rotatable bonds is 1. The smallest absolute Gasteiger partial charge is 0.264 e. The largest absolute Gasteiger partial charge is 0.431 e. The van der Waals surface area contributed by atoms with Gasteiger partial charge in [-0.25, -0.2) is 4.98 Å². The van der Waals surface area contributed by atoms with Crippen molar-refractivity contribution >= 4 is 27.5 Å². The fourth-order valence-electron chi connectivity index (χ4n) is 1.23. The van der Waals surface area contributed by atoms with Crippen LogP contribution in [0.3, 0.4) is 0 Å². The highest BCUT2D eigenvalue weighted by atomic mass is 79.9. The molecule has 14 heavy (non-hydrogen) atoms. The van der Waals surface area contributed by atoms with Gasteiger partial charge in [0.1, 0.15) is 0 Å². The van der Waals surface area contributed by atoms with E-state index in [4.69, 9.17) is 16.0 Å². The number of oxazole rings is 1. The summed E-state index contributed by atoms with van der Waals surface area (Å²) in [6, 6.07) is 7.46. The molecule has 1 heterocycles. The first kappa shape index (κ1) is 9.74. The van der Waals surface area contributed by atoms with E-state index in [2.05, 4.69) is 20.9 Å². The van der Waals surface area contributed by atoms with Gasteiger partial charge < -0.3 is 4.42 Å². The lowest BCUT2D eigenvalue weighted by molar-refractivity contribution is 0.542. The summed E-state index contributed by atoms with van der Waals surface area (Å²) in [7, 11) is 0. The lowest BCUT2D eigenvalue weighted by Crippen LogP contribution is -1.77. The van der Waals surface area contributed by atoms with Crippen LogP contribution in [0.1, 0.15) is 5.69 Å². The summed E-state index contributed by atoms with van der Waals surface area (Å²) in [5, 5.41) is 0.713. The van der Waals surface area contributed by atoms with Gasteiger partial charge in [0.2, 0.25) is 0 Å². The van der Waals surface area contributed by atoms with Gasteiger partial charge in [0.15, 0.2) is 5.76 Å². The van der Waals surface area contributed by atoms with Crippen molar-refractivity contribution < 1.29 is 4.42 Å². The molecule has 4 heteroatoms. The minimum Gasteiger partial charge on any atom is -0.431 e. The van der Waals surface area contributed by atoms with Gasteiger partial charge in [-0.15, -0.1) is 0 Å². The lowest BCUT2D eigenvalue weighted by atomic mass is 10.1. The first-order chi connectivity index (χ1) is 6.66. The highest BCUT2D eigenvalue weighted by Gasteiger charge is 2.09. The monoisotopic (exact) mass is 271 g/mol. The highest BCUT2D eigenvalue weighted by Crippen LogP contribution is 2.27. The molecule has 0 amide bonds. The molecule has 0 spiro atoms. The van der Waals surface area contributed by atoms with E-state index in [-0.39, 0.29) is 0 Å². The maximum Gasteiger partial charge on any atom is 0.264 e. The molecule has 0 unspecified atom stereocenters. The average Bonchev–Trinajstić information content (AvgIpc) is 2.47. The Balaban J connectivity index is 2.49. The van der Waals surface area contributed by atoms with Gasteiger partial charge in [0.05, 0.1) is 5.69 Å². The number of halogens is 2. The molecule has 0 radical (unpaired) electrons. The second kappa shape index (κ2) is 3.75. The van der Waals surface area contributed by atoms with Crippen molar-refractivity contribution in [3.63, 3.8) is 0 Å². The maximum absolute atomic E-state index is 5.79. The number of benzene rings is 1.